The molecule has 138 valence electrons. The van der Waals surface area contributed by atoms with Crippen LogP contribution in [0.5, 0.6) is 0 Å². The molecular weight excluding hydrogens is 326 g/mol. The maximum absolute atomic E-state index is 9.79. The Morgan fingerprint density at radius 2 is 1.92 bits per heavy atom. The number of aromatic nitrogens is 1. The van der Waals surface area contributed by atoms with Crippen LogP contribution in [0.4, 0.5) is 11.4 Å². The van der Waals surface area contributed by atoms with Gasteiger partial charge >= 0.3 is 0 Å². The summed E-state index contributed by atoms with van der Waals surface area (Å²) >= 11 is 0. The van der Waals surface area contributed by atoms with Crippen LogP contribution in [0, 0.1) is 18.3 Å². The maximum atomic E-state index is 9.79. The van der Waals surface area contributed by atoms with E-state index in [-0.39, 0.29) is 0 Å². The molecule has 0 amide bonds. The van der Waals surface area contributed by atoms with Gasteiger partial charge in [-0.2, -0.15) is 5.26 Å². The second-order valence-corrected chi connectivity index (χ2v) is 8.06. The second kappa shape index (κ2) is 6.17. The zero-order chi connectivity index (χ0) is 18.6. The average molecular weight is 353 g/mol. The number of nitriles is 1. The predicted octanol–water partition coefficient (Wildman–Crippen LogP) is 3.09. The van der Waals surface area contributed by atoms with Crippen LogP contribution in [0.15, 0.2) is 4.42 Å². The average Bonchev–Trinajstić information content (AvgIpc) is 3.16. The van der Waals surface area contributed by atoms with Gasteiger partial charge in [0.25, 0.3) is 0 Å². The first-order valence-corrected chi connectivity index (χ1v) is 9.38. The molecule has 0 radical (unpaired) electrons. The monoisotopic (exact) mass is 353 g/mol. The number of fused-ring (bicyclic) bond motifs is 1. The minimum Gasteiger partial charge on any atom is -0.438 e. The highest BCUT2D eigenvalue weighted by Gasteiger charge is 2.34. The highest BCUT2D eigenvalue weighted by Crippen LogP contribution is 2.47. The van der Waals surface area contributed by atoms with Gasteiger partial charge in [0.1, 0.15) is 17.3 Å². The SMILES string of the molecule is Cc1c(N(C)C)c(N2CCC(N(C)C)C2)c2oc(C3CC3)nc2c1C#N. The van der Waals surface area contributed by atoms with Crippen LogP contribution in [-0.2, 0) is 0 Å². The van der Waals surface area contributed by atoms with E-state index in [0.717, 1.165) is 66.3 Å². The first kappa shape index (κ1) is 17.2. The van der Waals surface area contributed by atoms with Crippen LogP contribution in [0.25, 0.3) is 11.1 Å². The lowest BCUT2D eigenvalue weighted by Gasteiger charge is -2.28. The summed E-state index contributed by atoms with van der Waals surface area (Å²) in [6.45, 7) is 3.99. The van der Waals surface area contributed by atoms with Gasteiger partial charge in [-0.3, -0.25) is 0 Å². The molecule has 1 saturated heterocycles. The third kappa shape index (κ3) is 2.62. The van der Waals surface area contributed by atoms with Gasteiger partial charge in [0.2, 0.25) is 0 Å². The van der Waals surface area contributed by atoms with E-state index in [4.69, 9.17) is 9.40 Å². The predicted molar refractivity (Wildman–Crippen MR) is 104 cm³/mol. The van der Waals surface area contributed by atoms with Crippen molar-refractivity contribution in [3.8, 4) is 6.07 Å². The number of likely N-dealkylation sites (N-methyl/N-ethyl adjacent to an activating group) is 1. The molecule has 1 aliphatic carbocycles. The van der Waals surface area contributed by atoms with Crippen molar-refractivity contribution in [2.24, 2.45) is 0 Å². The van der Waals surface area contributed by atoms with Crippen molar-refractivity contribution in [2.45, 2.75) is 38.1 Å². The van der Waals surface area contributed by atoms with Gasteiger partial charge in [0.15, 0.2) is 11.5 Å². The Bertz CT molecular complexity index is 888. The van der Waals surface area contributed by atoms with E-state index >= 15 is 0 Å². The number of nitrogens with zero attached hydrogens (tertiary/aromatic N) is 5. The lowest BCUT2D eigenvalue weighted by molar-refractivity contribution is 0.315. The van der Waals surface area contributed by atoms with Gasteiger partial charge in [-0.15, -0.1) is 0 Å². The van der Waals surface area contributed by atoms with Crippen LogP contribution in [0.1, 0.15) is 42.2 Å². The Labute approximate surface area is 155 Å². The van der Waals surface area contributed by atoms with Gasteiger partial charge in [-0.25, -0.2) is 4.98 Å². The number of hydrogen-bond acceptors (Lipinski definition) is 6. The fourth-order valence-electron chi connectivity index (χ4n) is 4.10. The Balaban J connectivity index is 1.94. The largest absolute Gasteiger partial charge is 0.438 e. The van der Waals surface area contributed by atoms with Gasteiger partial charge in [-0.1, -0.05) is 0 Å². The Morgan fingerprint density at radius 1 is 1.19 bits per heavy atom. The molecule has 1 unspecified atom stereocenters. The standard InChI is InChI=1S/C20H27N5O/c1-12-15(10-21)16-19(26-20(22-16)13-6-7-13)18(17(12)24(4)5)25-9-8-14(11-25)23(2)3/h13-14H,6-9,11H2,1-5H3. The highest BCUT2D eigenvalue weighted by molar-refractivity contribution is 6.00. The number of rotatable bonds is 4. The summed E-state index contributed by atoms with van der Waals surface area (Å²) in [6, 6.07) is 2.90. The van der Waals surface area contributed by atoms with Crippen LogP contribution in [-0.4, -0.2) is 57.2 Å². The van der Waals surface area contributed by atoms with E-state index in [9.17, 15) is 5.26 Å². The molecule has 2 fully saturated rings. The summed E-state index contributed by atoms with van der Waals surface area (Å²) in [5.41, 5.74) is 5.34. The molecule has 26 heavy (non-hydrogen) atoms. The zero-order valence-electron chi connectivity index (χ0n) is 16.3. The van der Waals surface area contributed by atoms with E-state index in [1.807, 2.05) is 21.0 Å². The number of anilines is 2. The summed E-state index contributed by atoms with van der Waals surface area (Å²) in [7, 11) is 8.35. The third-order valence-electron chi connectivity index (χ3n) is 5.75. The van der Waals surface area contributed by atoms with Crippen LogP contribution >= 0.6 is 0 Å². The van der Waals surface area contributed by atoms with Crippen molar-refractivity contribution in [2.75, 3.05) is 51.1 Å². The van der Waals surface area contributed by atoms with Gasteiger partial charge in [0, 0.05) is 39.1 Å². The lowest BCUT2D eigenvalue weighted by atomic mass is 10.0. The zero-order valence-corrected chi connectivity index (χ0v) is 16.3. The summed E-state index contributed by atoms with van der Waals surface area (Å²) in [5, 5.41) is 9.79. The quantitative estimate of drug-likeness (QED) is 0.842. The van der Waals surface area contributed by atoms with Crippen molar-refractivity contribution >= 4 is 22.5 Å². The number of benzene rings is 1. The minimum absolute atomic E-state index is 0.429. The summed E-state index contributed by atoms with van der Waals surface area (Å²) in [4.78, 5) is 11.6. The summed E-state index contributed by atoms with van der Waals surface area (Å²) in [5.74, 6) is 1.23. The van der Waals surface area contributed by atoms with E-state index in [0.29, 0.717) is 17.5 Å². The van der Waals surface area contributed by atoms with Gasteiger partial charge in [0.05, 0.1) is 11.3 Å². The molecule has 6 nitrogen and oxygen atoms in total. The normalized spacial score (nSPS) is 20.2. The Hall–Kier alpha value is -2.26. The molecular formula is C20H27N5O. The molecule has 1 aromatic carbocycles. The van der Waals surface area contributed by atoms with Gasteiger partial charge in [-0.05, 0) is 45.8 Å². The first-order chi connectivity index (χ1) is 12.4. The Kier molecular flexibility index (Phi) is 4.07. The lowest BCUT2D eigenvalue weighted by Crippen LogP contribution is -2.32. The van der Waals surface area contributed by atoms with Crippen molar-refractivity contribution in [1.82, 2.24) is 9.88 Å². The van der Waals surface area contributed by atoms with Crippen LogP contribution in [0.3, 0.4) is 0 Å². The molecule has 6 heteroatoms. The second-order valence-electron chi connectivity index (χ2n) is 8.06. The molecule has 4 rings (SSSR count). The summed E-state index contributed by atoms with van der Waals surface area (Å²) < 4.78 is 6.28. The van der Waals surface area contributed by atoms with Crippen molar-refractivity contribution in [3.05, 3.63) is 17.0 Å². The molecule has 1 saturated carbocycles. The van der Waals surface area contributed by atoms with E-state index in [2.05, 4.69) is 34.9 Å². The van der Waals surface area contributed by atoms with Crippen LogP contribution < -0.4 is 9.80 Å². The molecule has 1 aliphatic heterocycles. The maximum Gasteiger partial charge on any atom is 0.198 e. The Morgan fingerprint density at radius 3 is 2.46 bits per heavy atom. The summed E-state index contributed by atoms with van der Waals surface area (Å²) in [6.07, 6.45) is 3.40. The molecule has 2 aliphatic rings. The van der Waals surface area contributed by atoms with Crippen molar-refractivity contribution < 1.29 is 4.42 Å². The molecule has 0 spiro atoms. The van der Waals surface area contributed by atoms with E-state index in [1.54, 1.807) is 0 Å². The highest BCUT2D eigenvalue weighted by atomic mass is 16.4. The number of hydrogen-bond donors (Lipinski definition) is 0. The minimum atomic E-state index is 0.429. The van der Waals surface area contributed by atoms with Crippen LogP contribution in [0.2, 0.25) is 0 Å². The third-order valence-corrected chi connectivity index (χ3v) is 5.75. The molecule has 0 bridgehead atoms. The van der Waals surface area contributed by atoms with Gasteiger partial charge < -0.3 is 19.1 Å². The van der Waals surface area contributed by atoms with E-state index < -0.39 is 0 Å². The fraction of sp³-hybridized carbons (Fsp3) is 0.600. The van der Waals surface area contributed by atoms with E-state index in [1.165, 1.54) is 0 Å². The van der Waals surface area contributed by atoms with Crippen molar-refractivity contribution in [3.63, 3.8) is 0 Å². The molecule has 1 aromatic heterocycles. The van der Waals surface area contributed by atoms with Crippen molar-refractivity contribution in [1.29, 1.82) is 5.26 Å². The smallest absolute Gasteiger partial charge is 0.198 e. The topological polar surface area (TPSA) is 59.5 Å². The number of oxazole rings is 1. The molecule has 2 heterocycles. The molecule has 2 aromatic rings. The molecule has 0 N–H and O–H groups in total. The fourth-order valence-corrected chi connectivity index (χ4v) is 4.10. The first-order valence-electron chi connectivity index (χ1n) is 9.38. The molecule has 1 atom stereocenters.